The Balaban J connectivity index is 2.07. The van der Waals surface area contributed by atoms with Crippen LogP contribution in [0.25, 0.3) is 0 Å². The van der Waals surface area contributed by atoms with Gasteiger partial charge in [-0.25, -0.2) is 5.43 Å². The Morgan fingerprint density at radius 1 is 1.24 bits per heavy atom. The number of carbonyl (C=O) groups excluding carboxylic acids is 1. The van der Waals surface area contributed by atoms with Crippen LogP contribution in [0.2, 0.25) is 0 Å². The molecule has 1 amide bonds. The molecule has 25 heavy (non-hydrogen) atoms. The molecule has 4 nitrogen and oxygen atoms in total. The van der Waals surface area contributed by atoms with E-state index in [0.717, 1.165) is 28.7 Å². The van der Waals surface area contributed by atoms with Crippen molar-refractivity contribution >= 4 is 28.1 Å². The first-order valence-corrected chi connectivity index (χ1v) is 8.03. The average molecular weight is 415 g/mol. The van der Waals surface area contributed by atoms with E-state index in [2.05, 4.69) is 26.5 Å². The molecular weight excluding hydrogens is 401 g/mol. The Morgan fingerprint density at radius 3 is 2.52 bits per heavy atom. The number of alkyl halides is 3. The number of hydrazone groups is 1. The van der Waals surface area contributed by atoms with Crippen molar-refractivity contribution in [2.75, 3.05) is 6.61 Å². The number of carbonyl (C=O) groups is 1. The molecule has 2 rings (SSSR count). The maximum atomic E-state index is 12.5. The highest BCUT2D eigenvalue weighted by Gasteiger charge is 2.30. The van der Waals surface area contributed by atoms with Gasteiger partial charge in [0.1, 0.15) is 5.75 Å². The predicted molar refractivity (Wildman–Crippen MR) is 91.8 cm³/mol. The summed E-state index contributed by atoms with van der Waals surface area (Å²) in [6.45, 7) is 2.32. The Labute approximate surface area is 150 Å². The number of hydrogen-bond acceptors (Lipinski definition) is 3. The Bertz CT molecular complexity index is 774. The number of hydrogen-bond donors (Lipinski definition) is 1. The summed E-state index contributed by atoms with van der Waals surface area (Å²) in [5, 5.41) is 3.83. The van der Waals surface area contributed by atoms with Crippen molar-refractivity contribution in [2.45, 2.75) is 13.1 Å². The molecule has 0 saturated heterocycles. The summed E-state index contributed by atoms with van der Waals surface area (Å²) in [6.07, 6.45) is -3.04. The minimum Gasteiger partial charge on any atom is -0.493 e. The molecule has 0 spiro atoms. The first-order valence-electron chi connectivity index (χ1n) is 7.24. The molecule has 0 bridgehead atoms. The number of halogens is 4. The smallest absolute Gasteiger partial charge is 0.416 e. The van der Waals surface area contributed by atoms with Crippen molar-refractivity contribution in [3.05, 3.63) is 63.6 Å². The molecular formula is C17H14BrF3N2O2. The van der Waals surface area contributed by atoms with E-state index in [1.54, 1.807) is 12.1 Å². The van der Waals surface area contributed by atoms with E-state index in [0.29, 0.717) is 17.9 Å². The van der Waals surface area contributed by atoms with Crippen molar-refractivity contribution in [1.82, 2.24) is 5.43 Å². The summed E-state index contributed by atoms with van der Waals surface area (Å²) in [7, 11) is 0. The predicted octanol–water partition coefficient (Wildman–Crippen LogP) is 4.63. The SMILES string of the molecule is CCOc1ccc(Br)cc1/C=N/NC(=O)c1ccc(C(F)(F)F)cc1. The summed E-state index contributed by atoms with van der Waals surface area (Å²) in [4.78, 5) is 11.9. The third-order valence-electron chi connectivity index (χ3n) is 3.12. The molecule has 0 aliphatic heterocycles. The van der Waals surface area contributed by atoms with Crippen molar-refractivity contribution in [3.63, 3.8) is 0 Å². The van der Waals surface area contributed by atoms with Crippen LogP contribution in [0.4, 0.5) is 13.2 Å². The molecule has 0 unspecified atom stereocenters. The second-order valence-electron chi connectivity index (χ2n) is 4.89. The van der Waals surface area contributed by atoms with Gasteiger partial charge in [0.05, 0.1) is 18.4 Å². The lowest BCUT2D eigenvalue weighted by atomic mass is 10.1. The van der Waals surface area contributed by atoms with E-state index in [-0.39, 0.29) is 5.56 Å². The van der Waals surface area contributed by atoms with Crippen molar-refractivity contribution in [3.8, 4) is 5.75 Å². The molecule has 2 aromatic carbocycles. The highest BCUT2D eigenvalue weighted by Crippen LogP contribution is 2.29. The van der Waals surface area contributed by atoms with E-state index < -0.39 is 17.6 Å². The summed E-state index contributed by atoms with van der Waals surface area (Å²) < 4.78 is 43.8. The van der Waals surface area contributed by atoms with E-state index >= 15 is 0 Å². The van der Waals surface area contributed by atoms with Crippen molar-refractivity contribution < 1.29 is 22.7 Å². The lowest BCUT2D eigenvalue weighted by Gasteiger charge is -2.08. The molecule has 132 valence electrons. The number of ether oxygens (including phenoxy) is 1. The van der Waals surface area contributed by atoms with Crippen LogP contribution in [0.3, 0.4) is 0 Å². The van der Waals surface area contributed by atoms with Gasteiger partial charge in [-0.05, 0) is 49.4 Å². The van der Waals surface area contributed by atoms with E-state index in [4.69, 9.17) is 4.74 Å². The van der Waals surface area contributed by atoms with Crippen molar-refractivity contribution in [1.29, 1.82) is 0 Å². The normalized spacial score (nSPS) is 11.6. The summed E-state index contributed by atoms with van der Waals surface area (Å²) in [5.74, 6) is -0.0174. The van der Waals surface area contributed by atoms with E-state index in [1.807, 2.05) is 13.0 Å². The van der Waals surface area contributed by atoms with Crippen LogP contribution in [0.15, 0.2) is 52.0 Å². The summed E-state index contributed by atoms with van der Waals surface area (Å²) in [5.41, 5.74) is 2.17. The zero-order valence-corrected chi connectivity index (χ0v) is 14.7. The molecule has 1 N–H and O–H groups in total. The fourth-order valence-electron chi connectivity index (χ4n) is 1.94. The molecule has 2 aromatic rings. The highest BCUT2D eigenvalue weighted by molar-refractivity contribution is 9.10. The first-order chi connectivity index (χ1) is 11.8. The highest BCUT2D eigenvalue weighted by atomic mass is 79.9. The number of rotatable bonds is 5. The molecule has 0 heterocycles. The molecule has 0 fully saturated rings. The molecule has 0 aliphatic rings. The van der Waals surface area contributed by atoms with Crippen LogP contribution >= 0.6 is 15.9 Å². The molecule has 8 heteroatoms. The van der Waals surface area contributed by atoms with Gasteiger partial charge in [-0.3, -0.25) is 4.79 Å². The van der Waals surface area contributed by atoms with E-state index in [9.17, 15) is 18.0 Å². The minimum absolute atomic E-state index is 0.0735. The fraction of sp³-hybridized carbons (Fsp3) is 0.176. The third kappa shape index (κ3) is 5.32. The number of benzene rings is 2. The number of nitrogens with zero attached hydrogens (tertiary/aromatic N) is 1. The van der Waals surface area contributed by atoms with Crippen LogP contribution in [-0.2, 0) is 6.18 Å². The van der Waals surface area contributed by atoms with Gasteiger partial charge in [0.25, 0.3) is 5.91 Å². The topological polar surface area (TPSA) is 50.7 Å². The van der Waals surface area contributed by atoms with Crippen LogP contribution in [-0.4, -0.2) is 18.7 Å². The van der Waals surface area contributed by atoms with Gasteiger partial charge < -0.3 is 4.74 Å². The Morgan fingerprint density at radius 2 is 1.92 bits per heavy atom. The lowest BCUT2D eigenvalue weighted by Crippen LogP contribution is -2.18. The minimum atomic E-state index is -4.44. The van der Waals surface area contributed by atoms with Gasteiger partial charge >= 0.3 is 6.18 Å². The number of amides is 1. The zero-order valence-electron chi connectivity index (χ0n) is 13.1. The van der Waals surface area contributed by atoms with Crippen LogP contribution < -0.4 is 10.2 Å². The maximum absolute atomic E-state index is 12.5. The van der Waals surface area contributed by atoms with Gasteiger partial charge in [-0.15, -0.1) is 0 Å². The average Bonchev–Trinajstić information content (AvgIpc) is 2.56. The van der Waals surface area contributed by atoms with Crippen LogP contribution in [0, 0.1) is 0 Å². The van der Waals surface area contributed by atoms with Crippen LogP contribution in [0.5, 0.6) is 5.75 Å². The van der Waals surface area contributed by atoms with E-state index in [1.165, 1.54) is 6.21 Å². The summed E-state index contributed by atoms with van der Waals surface area (Å²) >= 11 is 3.33. The lowest BCUT2D eigenvalue weighted by molar-refractivity contribution is -0.137. The van der Waals surface area contributed by atoms with Gasteiger partial charge in [0.2, 0.25) is 0 Å². The van der Waals surface area contributed by atoms with Crippen LogP contribution in [0.1, 0.15) is 28.4 Å². The van der Waals surface area contributed by atoms with Gasteiger partial charge in [0.15, 0.2) is 0 Å². The van der Waals surface area contributed by atoms with Gasteiger partial charge in [-0.1, -0.05) is 15.9 Å². The first kappa shape index (κ1) is 19.0. The zero-order chi connectivity index (χ0) is 18.4. The Kier molecular flexibility index (Phi) is 6.19. The Hall–Kier alpha value is -2.35. The van der Waals surface area contributed by atoms with Crippen molar-refractivity contribution in [2.24, 2.45) is 5.10 Å². The molecule has 0 saturated carbocycles. The quantitative estimate of drug-likeness (QED) is 0.572. The monoisotopic (exact) mass is 414 g/mol. The third-order valence-corrected chi connectivity index (χ3v) is 3.61. The molecule has 0 aromatic heterocycles. The second kappa shape index (κ2) is 8.15. The summed E-state index contributed by atoms with van der Waals surface area (Å²) in [6, 6.07) is 9.21. The van der Waals surface area contributed by atoms with Gasteiger partial charge in [0, 0.05) is 15.6 Å². The number of nitrogens with one attached hydrogen (secondary N) is 1. The second-order valence-corrected chi connectivity index (χ2v) is 5.81. The molecule has 0 atom stereocenters. The standard InChI is InChI=1S/C17H14BrF3N2O2/c1-2-25-15-8-7-14(18)9-12(15)10-22-23-16(24)11-3-5-13(6-4-11)17(19,20)21/h3-10H,2H2,1H3,(H,23,24)/b22-10+. The largest absolute Gasteiger partial charge is 0.493 e. The fourth-order valence-corrected chi connectivity index (χ4v) is 2.32. The molecule has 0 aliphatic carbocycles. The molecule has 0 radical (unpaired) electrons. The van der Waals surface area contributed by atoms with Gasteiger partial charge in [-0.2, -0.15) is 18.3 Å². The maximum Gasteiger partial charge on any atom is 0.416 e.